The smallest absolute Gasteiger partial charge is 0.429 e. The lowest BCUT2D eigenvalue weighted by Gasteiger charge is -2.23. The van der Waals surface area contributed by atoms with E-state index < -0.39 is 35.7 Å². The highest BCUT2D eigenvalue weighted by Crippen LogP contribution is 2.30. The molecular formula is C12H16B2O12. The maximum absolute atomic E-state index is 11.1. The van der Waals surface area contributed by atoms with E-state index in [-0.39, 0.29) is 26.1 Å². The lowest BCUT2D eigenvalue weighted by Crippen LogP contribution is -2.44. The van der Waals surface area contributed by atoms with Gasteiger partial charge in [0.15, 0.2) is 12.4 Å². The molecule has 2 aliphatic heterocycles. The maximum atomic E-state index is 11.1. The van der Waals surface area contributed by atoms with E-state index >= 15 is 0 Å². The monoisotopic (exact) mass is 374 g/mol. The van der Waals surface area contributed by atoms with Gasteiger partial charge in [-0.15, -0.1) is 0 Å². The molecule has 0 radical (unpaired) electrons. The highest BCUT2D eigenvalue weighted by atomic mass is 17.5. The van der Waals surface area contributed by atoms with E-state index in [2.05, 4.69) is 42.3 Å². The molecular weight excluding hydrogens is 358 g/mol. The second-order valence-corrected chi connectivity index (χ2v) is 5.87. The Kier molecular flexibility index (Phi) is 5.95. The van der Waals surface area contributed by atoms with Gasteiger partial charge in [0.25, 0.3) is 14.6 Å². The van der Waals surface area contributed by atoms with Gasteiger partial charge in [-0.1, -0.05) is 18.2 Å². The van der Waals surface area contributed by atoms with Crippen LogP contribution in [0.3, 0.4) is 0 Å². The Bertz CT molecular complexity index is 611. The van der Waals surface area contributed by atoms with Gasteiger partial charge in [-0.2, -0.15) is 9.78 Å². The van der Waals surface area contributed by atoms with Crippen LogP contribution < -0.4 is 0 Å². The molecule has 142 valence electrons. The first-order chi connectivity index (χ1) is 12.1. The first-order valence-electron chi connectivity index (χ1n) is 7.25. The second-order valence-electron chi connectivity index (χ2n) is 5.87. The number of hydrogen-bond acceptors (Lipinski definition) is 12. The summed E-state index contributed by atoms with van der Waals surface area (Å²) >= 11 is 0. The van der Waals surface area contributed by atoms with Crippen molar-refractivity contribution in [2.24, 2.45) is 0 Å². The molecule has 4 unspecified atom stereocenters. The molecule has 2 rings (SSSR count). The summed E-state index contributed by atoms with van der Waals surface area (Å²) in [5.41, 5.74) is -2.67. The van der Waals surface area contributed by atoms with Gasteiger partial charge < -0.3 is 24.1 Å². The average molecular weight is 374 g/mol. The van der Waals surface area contributed by atoms with Crippen molar-refractivity contribution in [3.8, 4) is 0 Å². The van der Waals surface area contributed by atoms with E-state index in [1.165, 1.54) is 13.8 Å². The van der Waals surface area contributed by atoms with Crippen molar-refractivity contribution in [2.75, 3.05) is 0 Å². The Balaban J connectivity index is 1.78. The largest absolute Gasteiger partial charge is 0.513 e. The van der Waals surface area contributed by atoms with Gasteiger partial charge in [-0.25, -0.2) is 19.7 Å². The van der Waals surface area contributed by atoms with E-state index in [1.54, 1.807) is 0 Å². The van der Waals surface area contributed by atoms with E-state index in [1.807, 2.05) is 0 Å². The van der Waals surface area contributed by atoms with Crippen LogP contribution in [0.1, 0.15) is 13.8 Å². The van der Waals surface area contributed by atoms with Crippen LogP contribution >= 0.6 is 0 Å². The van der Waals surface area contributed by atoms with Crippen LogP contribution in [0.5, 0.6) is 0 Å². The third-order valence-corrected chi connectivity index (χ3v) is 3.74. The molecule has 2 saturated heterocycles. The summed E-state index contributed by atoms with van der Waals surface area (Å²) in [6.07, 6.45) is -5.04. The SMILES string of the molecule is C=C1OC(=O)OC1(C)BC(O)OOOC(BC1(C)OC(=O)OC1=C)OO. The first-order valence-corrected chi connectivity index (χ1v) is 7.25. The zero-order valence-corrected chi connectivity index (χ0v) is 14.0. The minimum absolute atomic E-state index is 0.0166. The summed E-state index contributed by atoms with van der Waals surface area (Å²) in [4.78, 5) is 35.3. The van der Waals surface area contributed by atoms with Crippen molar-refractivity contribution >= 4 is 26.9 Å². The highest BCUT2D eigenvalue weighted by molar-refractivity contribution is 6.42. The van der Waals surface area contributed by atoms with Crippen molar-refractivity contribution in [1.29, 1.82) is 0 Å². The quantitative estimate of drug-likeness (QED) is 0.178. The van der Waals surface area contributed by atoms with Crippen molar-refractivity contribution < 1.29 is 58.6 Å². The molecule has 14 heteroatoms. The molecule has 12 nitrogen and oxygen atoms in total. The molecule has 0 amide bonds. The lowest BCUT2D eigenvalue weighted by atomic mass is 9.60. The number of carbonyl (C=O) groups is 2. The van der Waals surface area contributed by atoms with Crippen LogP contribution in [0.4, 0.5) is 9.59 Å². The van der Waals surface area contributed by atoms with Crippen molar-refractivity contribution in [2.45, 2.75) is 37.2 Å². The fraction of sp³-hybridized carbons (Fsp3) is 0.500. The minimum atomic E-state index is -1.62. The molecule has 0 spiro atoms. The topological polar surface area (TPSA) is 148 Å². The number of hydrogen-bond donors (Lipinski definition) is 2. The van der Waals surface area contributed by atoms with Gasteiger partial charge >= 0.3 is 12.3 Å². The molecule has 0 aliphatic carbocycles. The van der Waals surface area contributed by atoms with Gasteiger partial charge in [0.1, 0.15) is 22.5 Å². The summed E-state index contributed by atoms with van der Waals surface area (Å²) in [5.74, 6) is -0.0410. The van der Waals surface area contributed by atoms with E-state index in [9.17, 15) is 14.7 Å². The Morgan fingerprint density at radius 2 is 1.50 bits per heavy atom. The summed E-state index contributed by atoms with van der Waals surface area (Å²) < 4.78 is 19.0. The fourth-order valence-electron chi connectivity index (χ4n) is 2.14. The molecule has 4 atom stereocenters. The van der Waals surface area contributed by atoms with Crippen LogP contribution in [-0.2, 0) is 38.6 Å². The zero-order valence-electron chi connectivity index (χ0n) is 14.0. The predicted molar refractivity (Wildman–Crippen MR) is 81.3 cm³/mol. The predicted octanol–water partition coefficient (Wildman–Crippen LogP) is -0.418. The Morgan fingerprint density at radius 3 is 1.92 bits per heavy atom. The molecule has 2 N–H and O–H groups in total. The van der Waals surface area contributed by atoms with Gasteiger partial charge in [-0.05, 0) is 13.8 Å². The Hall–Kier alpha value is -2.09. The van der Waals surface area contributed by atoms with E-state index in [0.717, 1.165) is 0 Å². The summed E-state index contributed by atoms with van der Waals surface area (Å²) in [7, 11) is -0.556. The van der Waals surface area contributed by atoms with Crippen LogP contribution in [0.15, 0.2) is 24.7 Å². The number of cyclic esters (lactones) is 4. The molecule has 0 bridgehead atoms. The minimum Gasteiger partial charge on any atom is -0.429 e. The third kappa shape index (κ3) is 4.54. The Morgan fingerprint density at radius 1 is 1.00 bits per heavy atom. The molecule has 2 fully saturated rings. The van der Waals surface area contributed by atoms with Crippen molar-refractivity contribution in [3.05, 3.63) is 24.7 Å². The van der Waals surface area contributed by atoms with Crippen LogP contribution in [0, 0.1) is 0 Å². The summed E-state index contributed by atoms with van der Waals surface area (Å²) in [6.45, 7) is 9.86. The first kappa shape index (κ1) is 20.2. The summed E-state index contributed by atoms with van der Waals surface area (Å²) in [6, 6.07) is 0. The third-order valence-electron chi connectivity index (χ3n) is 3.74. The van der Waals surface area contributed by atoms with Crippen molar-refractivity contribution in [3.63, 3.8) is 0 Å². The summed E-state index contributed by atoms with van der Waals surface area (Å²) in [5, 5.41) is 22.9. The Labute approximate surface area is 148 Å². The normalized spacial score (nSPS) is 30.2. The van der Waals surface area contributed by atoms with Gasteiger partial charge in [0.2, 0.25) is 0 Å². The standard InChI is InChI=1S/C12H16B2O12/c1-5-11(3,21-9(16)19-5)13-7(15)24-26-25-8(23-18)14-12(4)6(2)20-10(17)22-12/h7-8,13-15,18H,1-2H2,3-4H3. The van der Waals surface area contributed by atoms with Crippen LogP contribution in [0.25, 0.3) is 0 Å². The highest BCUT2D eigenvalue weighted by Gasteiger charge is 2.47. The molecule has 2 aliphatic rings. The van der Waals surface area contributed by atoms with E-state index in [0.29, 0.717) is 0 Å². The molecule has 0 aromatic heterocycles. The molecule has 0 aromatic carbocycles. The number of aliphatic hydroxyl groups is 1. The number of aliphatic hydroxyl groups excluding tert-OH is 1. The number of ether oxygens (including phenoxy) is 4. The van der Waals surface area contributed by atoms with Crippen LogP contribution in [-0.4, -0.2) is 60.6 Å². The average Bonchev–Trinajstić information content (AvgIpc) is 2.92. The molecule has 0 aromatic rings. The van der Waals surface area contributed by atoms with Gasteiger partial charge in [0.05, 0.1) is 0 Å². The van der Waals surface area contributed by atoms with Crippen LogP contribution in [0.2, 0.25) is 0 Å². The maximum Gasteiger partial charge on any atom is 0.513 e. The molecule has 2 heterocycles. The van der Waals surface area contributed by atoms with E-state index in [4.69, 9.17) is 14.7 Å². The fourth-order valence-corrected chi connectivity index (χ4v) is 2.14. The van der Waals surface area contributed by atoms with Gasteiger partial charge in [-0.3, -0.25) is 0 Å². The van der Waals surface area contributed by atoms with Crippen molar-refractivity contribution in [1.82, 2.24) is 0 Å². The molecule has 0 saturated carbocycles. The van der Waals surface area contributed by atoms with Gasteiger partial charge in [0, 0.05) is 0 Å². The number of carbonyl (C=O) groups excluding carboxylic acids is 2. The molecule has 26 heavy (non-hydrogen) atoms. The zero-order chi connectivity index (χ0) is 19.5. The lowest BCUT2D eigenvalue weighted by molar-refractivity contribution is -0.571. The number of rotatable bonds is 9. The second kappa shape index (κ2) is 7.65.